The van der Waals surface area contributed by atoms with Crippen molar-refractivity contribution in [2.45, 2.75) is 12.1 Å². The van der Waals surface area contributed by atoms with Crippen LogP contribution in [0, 0.1) is 6.92 Å². The third kappa shape index (κ3) is 4.59. The van der Waals surface area contributed by atoms with Crippen LogP contribution >= 0.6 is 11.8 Å². The summed E-state index contributed by atoms with van der Waals surface area (Å²) in [5, 5.41) is 4.98. The van der Waals surface area contributed by atoms with E-state index in [2.05, 4.69) is 15.5 Å². The number of hydrazone groups is 1. The van der Waals surface area contributed by atoms with Crippen LogP contribution in [-0.4, -0.2) is 32.0 Å². The Kier molecular flexibility index (Phi) is 5.99. The molecule has 0 spiro atoms. The first kappa shape index (κ1) is 20.6. The van der Waals surface area contributed by atoms with Gasteiger partial charge in [-0.25, -0.2) is 10.4 Å². The Hall–Kier alpha value is -3.65. The van der Waals surface area contributed by atoms with Crippen LogP contribution in [0.25, 0.3) is 16.6 Å². The van der Waals surface area contributed by atoms with Crippen LogP contribution in [0.2, 0.25) is 0 Å². The second-order valence-electron chi connectivity index (χ2n) is 7.01. The van der Waals surface area contributed by atoms with Crippen molar-refractivity contribution in [1.82, 2.24) is 19.5 Å². The van der Waals surface area contributed by atoms with Gasteiger partial charge in [0.15, 0.2) is 5.16 Å². The molecular weight excluding hydrogens is 410 g/mol. The molecule has 0 aliphatic carbocycles. The van der Waals surface area contributed by atoms with E-state index in [1.165, 1.54) is 11.8 Å². The minimum atomic E-state index is -0.284. The van der Waals surface area contributed by atoms with Crippen molar-refractivity contribution in [2.75, 3.05) is 5.75 Å². The Morgan fingerprint density at radius 1 is 1.13 bits per heavy atom. The first-order valence-electron chi connectivity index (χ1n) is 9.68. The first-order chi connectivity index (χ1) is 15.0. The number of thioether (sulfide) groups is 1. The summed E-state index contributed by atoms with van der Waals surface area (Å²) in [4.78, 5) is 30.1. The number of nitrogens with one attached hydrogen (secondary N) is 1. The van der Waals surface area contributed by atoms with Gasteiger partial charge in [0, 0.05) is 13.2 Å². The minimum absolute atomic E-state index is 0.0706. The normalized spacial score (nSPS) is 11.3. The van der Waals surface area contributed by atoms with Gasteiger partial charge in [0.05, 0.1) is 34.3 Å². The smallest absolute Gasteiger partial charge is 0.266 e. The second-order valence-corrected chi connectivity index (χ2v) is 7.96. The number of nitrogens with zero attached hydrogens (tertiary/aromatic N) is 4. The maximum atomic E-state index is 13.2. The van der Waals surface area contributed by atoms with E-state index in [1.54, 1.807) is 22.9 Å². The monoisotopic (exact) mass is 431 g/mol. The largest absolute Gasteiger partial charge is 0.350 e. The van der Waals surface area contributed by atoms with Crippen LogP contribution < -0.4 is 11.0 Å². The van der Waals surface area contributed by atoms with Gasteiger partial charge in [-0.05, 0) is 43.3 Å². The Balaban J connectivity index is 1.59. The van der Waals surface area contributed by atoms with Crippen molar-refractivity contribution < 1.29 is 4.79 Å². The fourth-order valence-electron chi connectivity index (χ4n) is 3.07. The molecule has 1 amide bonds. The Morgan fingerprint density at radius 2 is 1.90 bits per heavy atom. The van der Waals surface area contributed by atoms with E-state index in [0.717, 1.165) is 11.3 Å². The fraction of sp³-hybridized carbons (Fsp3) is 0.130. The molecule has 0 saturated carbocycles. The number of carbonyl (C=O) groups is 1. The van der Waals surface area contributed by atoms with E-state index in [0.29, 0.717) is 21.7 Å². The highest BCUT2D eigenvalue weighted by atomic mass is 32.2. The number of hydrogen-bond acceptors (Lipinski definition) is 5. The molecule has 0 saturated heterocycles. The summed E-state index contributed by atoms with van der Waals surface area (Å²) in [7, 11) is 1.90. The highest BCUT2D eigenvalue weighted by Gasteiger charge is 2.14. The minimum Gasteiger partial charge on any atom is -0.350 e. The summed E-state index contributed by atoms with van der Waals surface area (Å²) in [5.41, 5.74) is 5.62. The van der Waals surface area contributed by atoms with Gasteiger partial charge < -0.3 is 4.57 Å². The molecule has 4 aromatic rings. The fourth-order valence-corrected chi connectivity index (χ4v) is 3.88. The van der Waals surface area contributed by atoms with E-state index in [-0.39, 0.29) is 17.2 Å². The van der Waals surface area contributed by atoms with Gasteiger partial charge in [-0.3, -0.25) is 14.2 Å². The molecule has 0 aliphatic heterocycles. The van der Waals surface area contributed by atoms with Gasteiger partial charge >= 0.3 is 0 Å². The molecule has 2 aromatic heterocycles. The number of aromatic nitrogens is 3. The van der Waals surface area contributed by atoms with E-state index >= 15 is 0 Å². The Bertz CT molecular complexity index is 1320. The average Bonchev–Trinajstić information content (AvgIpc) is 3.18. The van der Waals surface area contributed by atoms with Gasteiger partial charge in [0.2, 0.25) is 0 Å². The van der Waals surface area contributed by atoms with Crippen molar-refractivity contribution in [2.24, 2.45) is 12.1 Å². The van der Waals surface area contributed by atoms with E-state index in [1.807, 2.05) is 73.3 Å². The van der Waals surface area contributed by atoms with Gasteiger partial charge in [-0.2, -0.15) is 5.10 Å². The van der Waals surface area contributed by atoms with Crippen LogP contribution in [-0.2, 0) is 11.8 Å². The summed E-state index contributed by atoms with van der Waals surface area (Å²) < 4.78 is 3.44. The zero-order chi connectivity index (χ0) is 21.8. The van der Waals surface area contributed by atoms with Crippen LogP contribution in [0.3, 0.4) is 0 Å². The number of aryl methyl sites for hydroxylation is 2. The SMILES string of the molecule is Cc1ccc(-n2c(SCC(=O)NN=Cc3cccn3C)nc3ccccc3c2=O)cc1. The maximum Gasteiger partial charge on any atom is 0.266 e. The van der Waals surface area contributed by atoms with Gasteiger partial charge in [-0.15, -0.1) is 0 Å². The molecule has 2 heterocycles. The standard InChI is InChI=1S/C23H21N5O2S/c1-16-9-11-17(12-10-16)28-22(30)19-7-3-4-8-20(19)25-23(28)31-15-21(29)26-24-14-18-6-5-13-27(18)2/h3-14H,15H2,1-2H3,(H,26,29). The first-order valence-corrected chi connectivity index (χ1v) is 10.7. The zero-order valence-corrected chi connectivity index (χ0v) is 18.0. The highest BCUT2D eigenvalue weighted by molar-refractivity contribution is 7.99. The molecule has 0 unspecified atom stereocenters. The van der Waals surface area contributed by atoms with Gasteiger partial charge in [0.1, 0.15) is 0 Å². The predicted molar refractivity (Wildman–Crippen MR) is 124 cm³/mol. The van der Waals surface area contributed by atoms with Crippen LogP contribution in [0.5, 0.6) is 0 Å². The molecule has 156 valence electrons. The molecule has 1 N–H and O–H groups in total. The molecule has 8 heteroatoms. The van der Waals surface area contributed by atoms with Crippen LogP contribution in [0.15, 0.2) is 81.9 Å². The van der Waals surface area contributed by atoms with Crippen molar-refractivity contribution in [3.05, 3.63) is 88.5 Å². The quantitative estimate of drug-likeness (QED) is 0.220. The van der Waals surface area contributed by atoms with Crippen molar-refractivity contribution in [3.63, 3.8) is 0 Å². The van der Waals surface area contributed by atoms with Crippen molar-refractivity contribution >= 4 is 34.8 Å². The van der Waals surface area contributed by atoms with E-state index in [4.69, 9.17) is 0 Å². The number of rotatable bonds is 6. The van der Waals surface area contributed by atoms with Crippen molar-refractivity contribution in [1.29, 1.82) is 0 Å². The number of amides is 1. The number of hydrogen-bond donors (Lipinski definition) is 1. The molecule has 0 atom stereocenters. The third-order valence-electron chi connectivity index (χ3n) is 4.74. The molecular formula is C23H21N5O2S. The van der Waals surface area contributed by atoms with E-state index in [9.17, 15) is 9.59 Å². The van der Waals surface area contributed by atoms with Gasteiger partial charge in [-0.1, -0.05) is 41.6 Å². The van der Waals surface area contributed by atoms with Gasteiger partial charge in [0.25, 0.3) is 11.5 Å². The predicted octanol–water partition coefficient (Wildman–Crippen LogP) is 3.28. The second kappa shape index (κ2) is 9.01. The average molecular weight is 432 g/mol. The maximum absolute atomic E-state index is 13.2. The molecule has 0 fully saturated rings. The molecule has 2 aromatic carbocycles. The number of para-hydroxylation sites is 1. The topological polar surface area (TPSA) is 81.3 Å². The lowest BCUT2D eigenvalue weighted by Crippen LogP contribution is -2.24. The number of benzene rings is 2. The zero-order valence-electron chi connectivity index (χ0n) is 17.1. The summed E-state index contributed by atoms with van der Waals surface area (Å²) in [6.45, 7) is 1.99. The third-order valence-corrected chi connectivity index (χ3v) is 5.68. The summed E-state index contributed by atoms with van der Waals surface area (Å²) in [6, 6.07) is 18.6. The van der Waals surface area contributed by atoms with Crippen molar-refractivity contribution in [3.8, 4) is 5.69 Å². The summed E-state index contributed by atoms with van der Waals surface area (Å²) in [6.07, 6.45) is 3.48. The number of carbonyl (C=O) groups excluding carboxylic acids is 1. The molecule has 0 aliphatic rings. The Morgan fingerprint density at radius 3 is 2.65 bits per heavy atom. The molecule has 7 nitrogen and oxygen atoms in total. The van der Waals surface area contributed by atoms with Crippen LogP contribution in [0.4, 0.5) is 0 Å². The summed E-state index contributed by atoms with van der Waals surface area (Å²) in [5.74, 6) is -0.213. The molecule has 0 radical (unpaired) electrons. The summed E-state index contributed by atoms with van der Waals surface area (Å²) >= 11 is 1.19. The van der Waals surface area contributed by atoms with Crippen LogP contribution in [0.1, 0.15) is 11.3 Å². The molecule has 0 bridgehead atoms. The molecule has 4 rings (SSSR count). The lowest BCUT2D eigenvalue weighted by molar-refractivity contribution is -0.118. The number of fused-ring (bicyclic) bond motifs is 1. The lowest BCUT2D eigenvalue weighted by atomic mass is 10.2. The van der Waals surface area contributed by atoms with E-state index < -0.39 is 0 Å². The lowest BCUT2D eigenvalue weighted by Gasteiger charge is -2.13. The molecule has 31 heavy (non-hydrogen) atoms. The highest BCUT2D eigenvalue weighted by Crippen LogP contribution is 2.21. The Labute approximate surface area is 183 Å².